The van der Waals surface area contributed by atoms with E-state index in [1.807, 2.05) is 0 Å². The van der Waals surface area contributed by atoms with Crippen molar-refractivity contribution in [3.8, 4) is 0 Å². The zero-order chi connectivity index (χ0) is 16.3. The van der Waals surface area contributed by atoms with Gasteiger partial charge in [-0.05, 0) is 19.3 Å². The molecule has 2 rings (SSSR count). The number of hydrogen-bond donors (Lipinski definition) is 1. The number of nitrogens with one attached hydrogen (secondary N) is 1. The van der Waals surface area contributed by atoms with Crippen molar-refractivity contribution in [1.29, 1.82) is 0 Å². The van der Waals surface area contributed by atoms with Crippen LogP contribution >= 0.6 is 11.3 Å². The van der Waals surface area contributed by atoms with E-state index in [0.717, 1.165) is 17.8 Å². The number of anilines is 1. The Labute approximate surface area is 135 Å². The molecule has 0 aliphatic carbocycles. The molecular weight excluding hydrogens is 324 g/mol. The Morgan fingerprint density at radius 1 is 1.41 bits per heavy atom. The van der Waals surface area contributed by atoms with Crippen LogP contribution in [-0.4, -0.2) is 54.1 Å². The third-order valence-electron chi connectivity index (χ3n) is 4.03. The molecule has 0 bridgehead atoms. The molecule has 0 spiro atoms. The minimum absolute atomic E-state index is 0.239. The molecule has 1 aromatic rings. The van der Waals surface area contributed by atoms with E-state index in [-0.39, 0.29) is 12.6 Å². The van der Waals surface area contributed by atoms with Crippen LogP contribution in [0.2, 0.25) is 0 Å². The lowest BCUT2D eigenvalue weighted by Gasteiger charge is -2.15. The van der Waals surface area contributed by atoms with Gasteiger partial charge in [0, 0.05) is 25.3 Å². The minimum Gasteiger partial charge on any atom is -0.323 e. The molecule has 1 aliphatic heterocycles. The summed E-state index contributed by atoms with van der Waals surface area (Å²) in [6.45, 7) is 4.89. The molecule has 22 heavy (non-hydrogen) atoms. The van der Waals surface area contributed by atoms with Gasteiger partial charge in [-0.1, -0.05) is 25.2 Å². The lowest BCUT2D eigenvalue weighted by molar-refractivity contribution is 0.222. The lowest BCUT2D eigenvalue weighted by Crippen LogP contribution is -2.34. The molecule has 9 heteroatoms. The first-order valence-electron chi connectivity index (χ1n) is 7.43. The molecule has 124 valence electrons. The van der Waals surface area contributed by atoms with Crippen molar-refractivity contribution in [2.75, 3.05) is 24.7 Å². The molecule has 0 unspecified atom stereocenters. The van der Waals surface area contributed by atoms with Gasteiger partial charge in [0.05, 0.1) is 5.25 Å². The molecule has 7 nitrogen and oxygen atoms in total. The average Bonchev–Trinajstić information content (AvgIpc) is 3.08. The SMILES string of the molecule is CCC(CC)c1nnc(NC(=O)N2CC[C@@H](S(C)(=O)=O)C2)s1. The Hall–Kier alpha value is -1.22. The van der Waals surface area contributed by atoms with Crippen LogP contribution < -0.4 is 5.32 Å². The van der Waals surface area contributed by atoms with Gasteiger partial charge in [0.1, 0.15) is 5.01 Å². The maximum atomic E-state index is 12.2. The smallest absolute Gasteiger partial charge is 0.323 e. The summed E-state index contributed by atoms with van der Waals surface area (Å²) in [4.78, 5) is 13.7. The molecular formula is C13H22N4O3S2. The van der Waals surface area contributed by atoms with Crippen LogP contribution in [0.3, 0.4) is 0 Å². The van der Waals surface area contributed by atoms with Gasteiger partial charge >= 0.3 is 6.03 Å². The third-order valence-corrected chi connectivity index (χ3v) is 6.62. The van der Waals surface area contributed by atoms with Crippen molar-refractivity contribution in [2.24, 2.45) is 0 Å². The second-order valence-electron chi connectivity index (χ2n) is 5.58. The van der Waals surface area contributed by atoms with Gasteiger partial charge in [-0.25, -0.2) is 13.2 Å². The largest absolute Gasteiger partial charge is 0.323 e. The Morgan fingerprint density at radius 3 is 2.64 bits per heavy atom. The highest BCUT2D eigenvalue weighted by Crippen LogP contribution is 2.28. The van der Waals surface area contributed by atoms with Crippen molar-refractivity contribution in [3.05, 3.63) is 5.01 Å². The quantitative estimate of drug-likeness (QED) is 0.881. The van der Waals surface area contributed by atoms with Crippen molar-refractivity contribution >= 4 is 32.3 Å². The normalized spacial score (nSPS) is 18.9. The highest BCUT2D eigenvalue weighted by Gasteiger charge is 2.32. The first kappa shape index (κ1) is 17.1. The highest BCUT2D eigenvalue weighted by atomic mass is 32.2. The van der Waals surface area contributed by atoms with Crippen LogP contribution in [0.1, 0.15) is 44.0 Å². The van der Waals surface area contributed by atoms with Gasteiger partial charge in [0.25, 0.3) is 0 Å². The van der Waals surface area contributed by atoms with Crippen LogP contribution in [0.25, 0.3) is 0 Å². The molecule has 0 radical (unpaired) electrons. The Balaban J connectivity index is 1.96. The summed E-state index contributed by atoms with van der Waals surface area (Å²) in [5.74, 6) is 0.365. The number of carbonyl (C=O) groups is 1. The molecule has 0 aromatic carbocycles. The minimum atomic E-state index is -3.10. The maximum absolute atomic E-state index is 12.2. The first-order chi connectivity index (χ1) is 10.3. The fourth-order valence-corrected chi connectivity index (χ4v) is 4.50. The van der Waals surface area contributed by atoms with Gasteiger partial charge in [-0.2, -0.15) is 0 Å². The van der Waals surface area contributed by atoms with E-state index in [9.17, 15) is 13.2 Å². The fraction of sp³-hybridized carbons (Fsp3) is 0.769. The Bertz CT molecular complexity index is 625. The number of aromatic nitrogens is 2. The lowest BCUT2D eigenvalue weighted by atomic mass is 10.1. The number of hydrogen-bond acceptors (Lipinski definition) is 6. The number of likely N-dealkylation sites (tertiary alicyclic amines) is 1. The van der Waals surface area contributed by atoms with E-state index < -0.39 is 15.1 Å². The van der Waals surface area contributed by atoms with Crippen LogP contribution in [0.4, 0.5) is 9.93 Å². The summed E-state index contributed by atoms with van der Waals surface area (Å²) in [5.41, 5.74) is 0. The molecule has 1 fully saturated rings. The summed E-state index contributed by atoms with van der Waals surface area (Å²) in [6, 6.07) is -0.307. The molecule has 1 saturated heterocycles. The summed E-state index contributed by atoms with van der Waals surface area (Å²) in [5, 5.41) is 11.8. The van der Waals surface area contributed by atoms with Gasteiger partial charge in [-0.3, -0.25) is 5.32 Å². The third kappa shape index (κ3) is 3.95. The van der Waals surface area contributed by atoms with Gasteiger partial charge < -0.3 is 4.90 Å². The molecule has 2 amide bonds. The first-order valence-corrected chi connectivity index (χ1v) is 10.2. The van der Waals surface area contributed by atoms with E-state index in [1.54, 1.807) is 0 Å². The monoisotopic (exact) mass is 346 g/mol. The Morgan fingerprint density at radius 2 is 2.09 bits per heavy atom. The standard InChI is InChI=1S/C13H22N4O3S2/c1-4-9(5-2)11-15-16-12(21-11)14-13(18)17-7-6-10(8-17)22(3,19)20/h9-10H,4-8H2,1-3H3,(H,14,16,18)/t10-/m1/s1. The van der Waals surface area contributed by atoms with Crippen molar-refractivity contribution in [1.82, 2.24) is 15.1 Å². The topological polar surface area (TPSA) is 92.3 Å². The summed E-state index contributed by atoms with van der Waals surface area (Å²) >= 11 is 1.38. The van der Waals surface area contributed by atoms with E-state index in [4.69, 9.17) is 0 Å². The van der Waals surface area contributed by atoms with Crippen molar-refractivity contribution < 1.29 is 13.2 Å². The van der Waals surface area contributed by atoms with E-state index in [1.165, 1.54) is 22.5 Å². The molecule has 1 aliphatic rings. The van der Waals surface area contributed by atoms with Crippen LogP contribution in [0.15, 0.2) is 0 Å². The number of carbonyl (C=O) groups excluding carboxylic acids is 1. The number of nitrogens with zero attached hydrogens (tertiary/aromatic N) is 3. The zero-order valence-electron chi connectivity index (χ0n) is 13.1. The van der Waals surface area contributed by atoms with Gasteiger partial charge in [0.15, 0.2) is 9.84 Å². The summed E-state index contributed by atoms with van der Waals surface area (Å²) in [7, 11) is -3.10. The summed E-state index contributed by atoms with van der Waals surface area (Å²) in [6.07, 6.45) is 3.68. The van der Waals surface area contributed by atoms with Crippen molar-refractivity contribution in [3.63, 3.8) is 0 Å². The van der Waals surface area contributed by atoms with Crippen molar-refractivity contribution in [2.45, 2.75) is 44.3 Å². The predicted molar refractivity (Wildman–Crippen MR) is 87.1 cm³/mol. The fourth-order valence-electron chi connectivity index (χ4n) is 2.52. The second-order valence-corrected chi connectivity index (χ2v) is 8.91. The molecule has 1 N–H and O–H groups in total. The zero-order valence-corrected chi connectivity index (χ0v) is 14.7. The molecule has 1 atom stereocenters. The van der Waals surface area contributed by atoms with Crippen LogP contribution in [0.5, 0.6) is 0 Å². The maximum Gasteiger partial charge on any atom is 0.323 e. The number of rotatable bonds is 5. The van der Waals surface area contributed by atoms with Crippen LogP contribution in [-0.2, 0) is 9.84 Å². The molecule has 1 aromatic heterocycles. The summed E-state index contributed by atoms with van der Waals surface area (Å²) < 4.78 is 23.1. The number of urea groups is 1. The van der Waals surface area contributed by atoms with E-state index >= 15 is 0 Å². The number of sulfone groups is 1. The highest BCUT2D eigenvalue weighted by molar-refractivity contribution is 7.91. The van der Waals surface area contributed by atoms with E-state index in [0.29, 0.717) is 24.0 Å². The van der Waals surface area contributed by atoms with Gasteiger partial charge in [0.2, 0.25) is 5.13 Å². The number of amides is 2. The Kier molecular flexibility index (Phi) is 5.38. The van der Waals surface area contributed by atoms with Crippen LogP contribution in [0, 0.1) is 0 Å². The second kappa shape index (κ2) is 6.91. The predicted octanol–water partition coefficient (Wildman–Crippen LogP) is 2.09. The molecule has 0 saturated carbocycles. The van der Waals surface area contributed by atoms with E-state index in [2.05, 4.69) is 29.4 Å². The van der Waals surface area contributed by atoms with Gasteiger partial charge in [-0.15, -0.1) is 10.2 Å². The average molecular weight is 346 g/mol. The molecule has 2 heterocycles.